The van der Waals surface area contributed by atoms with Gasteiger partial charge in [0.05, 0.1) is 0 Å². The Hall–Kier alpha value is -0.684. The first kappa shape index (κ1) is 17.7. The van der Waals surface area contributed by atoms with Crippen molar-refractivity contribution in [3.8, 4) is 5.75 Å². The predicted octanol–water partition coefficient (Wildman–Crippen LogP) is 2.11. The molecule has 0 aliphatic rings. The van der Waals surface area contributed by atoms with E-state index in [0.29, 0.717) is 0 Å². The summed E-state index contributed by atoms with van der Waals surface area (Å²) in [5.74, 6) is 0.827. The van der Waals surface area contributed by atoms with Crippen LogP contribution in [0, 0.1) is 0 Å². The third kappa shape index (κ3) is 4.65. The van der Waals surface area contributed by atoms with E-state index in [1.807, 2.05) is 22.8 Å². The van der Waals surface area contributed by atoms with E-state index in [4.69, 9.17) is 3.76 Å². The van der Waals surface area contributed by atoms with Crippen molar-refractivity contribution in [3.05, 3.63) is 40.7 Å². The van der Waals surface area contributed by atoms with Crippen molar-refractivity contribution in [1.29, 1.82) is 0 Å². The number of unbranched alkanes of at least 4 members (excludes halogenated alkanes) is 5. The third-order valence-corrected chi connectivity index (χ3v) is 8.42. The van der Waals surface area contributed by atoms with Gasteiger partial charge in [0.1, 0.15) is 0 Å². The fourth-order valence-electron chi connectivity index (χ4n) is 2.86. The summed E-state index contributed by atoms with van der Waals surface area (Å²) in [6.45, 7) is 3.05. The zero-order valence-corrected chi connectivity index (χ0v) is 21.0. The Labute approximate surface area is 145 Å². The van der Waals surface area contributed by atoms with Crippen molar-refractivity contribution in [2.45, 2.75) is 52.0 Å². The third-order valence-electron chi connectivity index (χ3n) is 4.02. The van der Waals surface area contributed by atoms with E-state index in [1.165, 1.54) is 32.1 Å². The van der Waals surface area contributed by atoms with Crippen LogP contribution in [0.1, 0.15) is 45.4 Å². The van der Waals surface area contributed by atoms with Crippen LogP contribution in [0.5, 0.6) is 5.75 Å². The number of rotatable bonds is 9. The molecule has 0 aliphatic carbocycles. The van der Waals surface area contributed by atoms with Gasteiger partial charge in [0.2, 0.25) is 0 Å². The second-order valence-electron chi connectivity index (χ2n) is 5.72. The van der Waals surface area contributed by atoms with Gasteiger partial charge < -0.3 is 0 Å². The minimum absolute atomic E-state index is 0.0885. The van der Waals surface area contributed by atoms with Crippen LogP contribution in [0.2, 0.25) is 0 Å². The summed E-state index contributed by atoms with van der Waals surface area (Å²) in [6.07, 6.45) is 7.47. The maximum atomic E-state index is 12.4. The number of nitrogens with zero attached hydrogens (tertiary/aromatic N) is 1. The van der Waals surface area contributed by atoms with Gasteiger partial charge >= 0.3 is 139 Å². The zero-order valence-electron chi connectivity index (χ0n) is 13.8. The standard InChI is InChI=1S/C17H27Ge2NO2/c1-2-3-4-5-6-9-12-20-15-11-8-7-10-14(15)16(22-19-18)13-17(20)21/h7-8,10-11,13H,2-6,9,12,19H2,1,18H3. The predicted molar refractivity (Wildman–Crippen MR) is 101 cm³/mol. The summed E-state index contributed by atoms with van der Waals surface area (Å²) < 4.78 is 7.81. The van der Waals surface area contributed by atoms with Gasteiger partial charge in [-0.2, -0.15) is 0 Å². The number of hydrogen-bond donors (Lipinski definition) is 0. The molecule has 0 amide bonds. The van der Waals surface area contributed by atoms with Crippen molar-refractivity contribution in [3.63, 3.8) is 0 Å². The number of aryl methyl sites for hydroxylation is 1. The Morgan fingerprint density at radius 1 is 1.14 bits per heavy atom. The van der Waals surface area contributed by atoms with E-state index in [-0.39, 0.29) is 5.56 Å². The van der Waals surface area contributed by atoms with E-state index in [9.17, 15) is 4.79 Å². The van der Waals surface area contributed by atoms with Crippen molar-refractivity contribution in [2.24, 2.45) is 0 Å². The minimum atomic E-state index is -0.792. The van der Waals surface area contributed by atoms with Gasteiger partial charge in [0.25, 0.3) is 0 Å². The Balaban J connectivity index is 2.14. The van der Waals surface area contributed by atoms with Gasteiger partial charge in [0.15, 0.2) is 0 Å². The molecular weight excluding hydrogens is 395 g/mol. The van der Waals surface area contributed by atoms with Gasteiger partial charge in [-0.05, 0) is 0 Å². The van der Waals surface area contributed by atoms with Crippen molar-refractivity contribution in [1.82, 2.24) is 4.57 Å². The summed E-state index contributed by atoms with van der Waals surface area (Å²) in [5.41, 5.74) is 1.12. The van der Waals surface area contributed by atoms with Crippen LogP contribution in [0.4, 0.5) is 0 Å². The van der Waals surface area contributed by atoms with Crippen molar-refractivity contribution >= 4 is 39.2 Å². The first-order valence-corrected chi connectivity index (χ1v) is 28.1. The maximum absolute atomic E-state index is 12.4. The van der Waals surface area contributed by atoms with Crippen LogP contribution in [-0.4, -0.2) is 32.9 Å². The molecule has 1 aromatic carbocycles. The van der Waals surface area contributed by atoms with Gasteiger partial charge in [-0.3, -0.25) is 0 Å². The van der Waals surface area contributed by atoms with Crippen LogP contribution in [-0.2, 0) is 6.54 Å². The first-order chi connectivity index (χ1) is 10.8. The first-order valence-electron chi connectivity index (χ1n) is 8.53. The van der Waals surface area contributed by atoms with E-state index >= 15 is 0 Å². The molecule has 2 rings (SSSR count). The quantitative estimate of drug-likeness (QED) is 0.458. The van der Waals surface area contributed by atoms with Crippen LogP contribution in [0.3, 0.4) is 0 Å². The molecule has 120 valence electrons. The number of hydrogen-bond acceptors (Lipinski definition) is 2. The molecule has 3 nitrogen and oxygen atoms in total. The van der Waals surface area contributed by atoms with E-state index < -0.39 is 13.8 Å². The Morgan fingerprint density at radius 3 is 2.64 bits per heavy atom. The normalized spacial score (nSPS) is 11.7. The Bertz CT molecular complexity index is 655. The van der Waals surface area contributed by atoms with Crippen molar-refractivity contribution in [2.75, 3.05) is 0 Å². The zero-order chi connectivity index (χ0) is 15.8. The monoisotopic (exact) mass is 425 g/mol. The number of benzene rings is 1. The summed E-state index contributed by atoms with van der Waals surface area (Å²) >= 11 is 0.0215. The second-order valence-corrected chi connectivity index (χ2v) is 13.8. The molecule has 22 heavy (non-hydrogen) atoms. The van der Waals surface area contributed by atoms with Crippen LogP contribution < -0.4 is 9.32 Å². The number of aromatic nitrogens is 1. The summed E-state index contributed by atoms with van der Waals surface area (Å²) in [7, 11) is 0. The summed E-state index contributed by atoms with van der Waals surface area (Å²) in [5, 5.41) is 1.10. The fraction of sp³-hybridized carbons (Fsp3) is 0.471. The molecule has 1 aromatic heterocycles. The van der Waals surface area contributed by atoms with E-state index in [0.717, 1.165) is 44.2 Å². The van der Waals surface area contributed by atoms with Gasteiger partial charge in [-0.1, -0.05) is 6.92 Å². The Morgan fingerprint density at radius 2 is 1.86 bits per heavy atom. The van der Waals surface area contributed by atoms with Gasteiger partial charge in [0, 0.05) is 0 Å². The molecule has 1 heterocycles. The fourth-order valence-corrected chi connectivity index (χ4v) is 7.40. The van der Waals surface area contributed by atoms with E-state index in [2.05, 4.69) is 13.0 Å². The van der Waals surface area contributed by atoms with Crippen LogP contribution in [0.25, 0.3) is 10.9 Å². The molecule has 0 saturated heterocycles. The van der Waals surface area contributed by atoms with Crippen LogP contribution >= 0.6 is 0 Å². The number of fused-ring (bicyclic) bond motifs is 1. The molecule has 0 atom stereocenters. The SMILES string of the molecule is CCCCCCCCn1c(=O)cc([O][GeH2][GeH3])c2ccccc21. The topological polar surface area (TPSA) is 31.2 Å². The van der Waals surface area contributed by atoms with Gasteiger partial charge in [-0.25, -0.2) is 0 Å². The average Bonchev–Trinajstić information content (AvgIpc) is 2.53. The molecule has 0 aliphatic heterocycles. The summed E-state index contributed by atoms with van der Waals surface area (Å²) in [6, 6.07) is 9.86. The average molecular weight is 423 g/mol. The molecule has 0 radical (unpaired) electrons. The molecule has 0 N–H and O–H groups in total. The Kier molecular flexibility index (Phi) is 7.59. The molecule has 0 bridgehead atoms. The molecular formula is C17H27Ge2NO2. The second kappa shape index (κ2) is 9.45. The number of para-hydroxylation sites is 1. The molecule has 0 saturated carbocycles. The van der Waals surface area contributed by atoms with Crippen molar-refractivity contribution < 1.29 is 3.76 Å². The van der Waals surface area contributed by atoms with E-state index in [1.54, 1.807) is 6.07 Å². The molecule has 0 fully saturated rings. The van der Waals surface area contributed by atoms with Gasteiger partial charge in [-0.15, -0.1) is 0 Å². The molecule has 5 heteroatoms. The summed E-state index contributed by atoms with van der Waals surface area (Å²) in [4.78, 5) is 12.4. The number of pyridine rings is 1. The molecule has 2 aromatic rings. The van der Waals surface area contributed by atoms with Crippen LogP contribution in [0.15, 0.2) is 35.1 Å². The molecule has 0 spiro atoms. The molecule has 0 unspecified atom stereocenters.